The van der Waals surface area contributed by atoms with Crippen LogP contribution in [-0.4, -0.2) is 30.1 Å². The Labute approximate surface area is 112 Å². The van der Waals surface area contributed by atoms with E-state index in [4.69, 9.17) is 4.74 Å². The lowest BCUT2D eigenvalue weighted by Gasteiger charge is -2.35. The molecule has 0 spiro atoms. The molecule has 2 aliphatic rings. The summed E-state index contributed by atoms with van der Waals surface area (Å²) in [5.41, 5.74) is 0. The van der Waals surface area contributed by atoms with Gasteiger partial charge in [-0.05, 0) is 44.9 Å². The predicted octanol–water partition coefficient (Wildman–Crippen LogP) is 1.56. The molecule has 5 nitrogen and oxygen atoms in total. The second-order valence-electron chi connectivity index (χ2n) is 5.28. The van der Waals surface area contributed by atoms with Crippen LogP contribution >= 0.6 is 0 Å². The van der Waals surface area contributed by atoms with Gasteiger partial charge in [0.05, 0.1) is 0 Å². The third kappa shape index (κ3) is 2.42. The molecule has 1 aliphatic heterocycles. The summed E-state index contributed by atoms with van der Waals surface area (Å²) >= 11 is 0. The summed E-state index contributed by atoms with van der Waals surface area (Å²) in [5, 5.41) is 6.14. The molecule has 0 radical (unpaired) electrons. The van der Waals surface area contributed by atoms with E-state index >= 15 is 0 Å². The second-order valence-corrected chi connectivity index (χ2v) is 5.28. The maximum Gasteiger partial charge on any atom is 0.266 e. The normalized spacial score (nSPS) is 30.2. The zero-order valence-electron chi connectivity index (χ0n) is 11.1. The van der Waals surface area contributed by atoms with E-state index in [0.717, 1.165) is 25.7 Å². The predicted molar refractivity (Wildman–Crippen MR) is 72.1 cm³/mol. The van der Waals surface area contributed by atoms with Crippen molar-refractivity contribution >= 4 is 11.7 Å². The molecule has 1 unspecified atom stereocenters. The summed E-state index contributed by atoms with van der Waals surface area (Å²) < 4.78 is 5.86. The molecule has 1 aromatic heterocycles. The third-order valence-electron chi connectivity index (χ3n) is 4.13. The zero-order chi connectivity index (χ0) is 13.2. The molecule has 1 atom stereocenters. The van der Waals surface area contributed by atoms with Gasteiger partial charge in [-0.15, -0.1) is 0 Å². The van der Waals surface area contributed by atoms with Gasteiger partial charge in [-0.25, -0.2) is 4.98 Å². The van der Waals surface area contributed by atoms with Crippen molar-refractivity contribution in [3.63, 3.8) is 0 Å². The van der Waals surface area contributed by atoms with Crippen LogP contribution in [0.15, 0.2) is 18.3 Å². The Kier molecular flexibility index (Phi) is 3.38. The fourth-order valence-corrected chi connectivity index (χ4v) is 2.98. The fourth-order valence-electron chi connectivity index (χ4n) is 2.98. The van der Waals surface area contributed by atoms with E-state index in [9.17, 15) is 4.79 Å². The van der Waals surface area contributed by atoms with Gasteiger partial charge in [-0.2, -0.15) is 0 Å². The number of hydrogen-bond donors (Lipinski definition) is 2. The number of aromatic nitrogens is 1. The van der Waals surface area contributed by atoms with Gasteiger partial charge in [0, 0.05) is 18.2 Å². The lowest BCUT2D eigenvalue weighted by molar-refractivity contribution is -0.126. The van der Waals surface area contributed by atoms with E-state index in [1.54, 1.807) is 6.20 Å². The highest BCUT2D eigenvalue weighted by atomic mass is 16.5. The smallest absolute Gasteiger partial charge is 0.266 e. The van der Waals surface area contributed by atoms with E-state index < -0.39 is 0 Å². The number of pyridine rings is 1. The van der Waals surface area contributed by atoms with Gasteiger partial charge in [0.15, 0.2) is 17.7 Å². The van der Waals surface area contributed by atoms with Crippen molar-refractivity contribution in [2.24, 2.45) is 5.92 Å². The summed E-state index contributed by atoms with van der Waals surface area (Å²) in [5.74, 6) is 1.47. The van der Waals surface area contributed by atoms with Crippen molar-refractivity contribution in [2.45, 2.75) is 37.8 Å². The number of nitrogens with zero attached hydrogens (tertiary/aromatic N) is 1. The van der Waals surface area contributed by atoms with Crippen molar-refractivity contribution in [3.8, 4) is 5.75 Å². The molecule has 1 saturated carbocycles. The number of nitrogens with one attached hydrogen (secondary N) is 2. The van der Waals surface area contributed by atoms with E-state index in [0.29, 0.717) is 23.5 Å². The first kappa shape index (κ1) is 12.4. The number of hydrogen-bond acceptors (Lipinski definition) is 4. The van der Waals surface area contributed by atoms with Gasteiger partial charge in [0.25, 0.3) is 5.91 Å². The minimum Gasteiger partial charge on any atom is -0.476 e. The molecule has 0 saturated heterocycles. The lowest BCUT2D eigenvalue weighted by atomic mass is 9.82. The van der Waals surface area contributed by atoms with Gasteiger partial charge in [-0.1, -0.05) is 0 Å². The first-order chi connectivity index (χ1) is 9.28. The molecule has 3 rings (SSSR count). The molecule has 2 N–H and O–H groups in total. The largest absolute Gasteiger partial charge is 0.476 e. The second kappa shape index (κ2) is 5.17. The van der Waals surface area contributed by atoms with Crippen LogP contribution in [-0.2, 0) is 4.79 Å². The fraction of sp³-hybridized carbons (Fsp3) is 0.571. The molecule has 1 fully saturated rings. The van der Waals surface area contributed by atoms with E-state index in [-0.39, 0.29) is 12.0 Å². The van der Waals surface area contributed by atoms with Crippen LogP contribution in [0, 0.1) is 5.92 Å². The summed E-state index contributed by atoms with van der Waals surface area (Å²) in [4.78, 5) is 16.2. The van der Waals surface area contributed by atoms with Crippen LogP contribution in [0.4, 0.5) is 5.82 Å². The Balaban J connectivity index is 1.71. The first-order valence-corrected chi connectivity index (χ1v) is 6.87. The van der Waals surface area contributed by atoms with E-state index in [1.807, 2.05) is 19.2 Å². The van der Waals surface area contributed by atoms with Gasteiger partial charge in [0.2, 0.25) is 0 Å². The number of anilines is 1. The van der Waals surface area contributed by atoms with Crippen molar-refractivity contribution in [1.82, 2.24) is 10.3 Å². The van der Waals surface area contributed by atoms with Crippen LogP contribution in [0.3, 0.4) is 0 Å². The number of rotatable bonds is 2. The topological polar surface area (TPSA) is 63.2 Å². The Morgan fingerprint density at radius 1 is 1.37 bits per heavy atom. The summed E-state index contributed by atoms with van der Waals surface area (Å²) in [6, 6.07) is 4.26. The summed E-state index contributed by atoms with van der Waals surface area (Å²) in [6.07, 6.45) is 5.55. The molecule has 19 heavy (non-hydrogen) atoms. The lowest BCUT2D eigenvalue weighted by Crippen LogP contribution is -2.45. The molecule has 2 heterocycles. The monoisotopic (exact) mass is 261 g/mol. The molecular formula is C14H19N3O2. The van der Waals surface area contributed by atoms with E-state index in [2.05, 4.69) is 15.6 Å². The SMILES string of the molecule is CNC1CCC(C2Oc3cccnc3NC2=O)CC1. The molecular weight excluding hydrogens is 242 g/mol. The van der Waals surface area contributed by atoms with Crippen molar-refractivity contribution in [3.05, 3.63) is 18.3 Å². The Hall–Kier alpha value is -1.62. The standard InChI is InChI=1S/C14H19N3O2/c1-15-10-6-4-9(5-7-10)12-14(18)17-13-11(19-12)3-2-8-16-13/h2-3,8-10,12,15H,4-7H2,1H3,(H,16,17,18). The van der Waals surface area contributed by atoms with Crippen molar-refractivity contribution in [2.75, 3.05) is 12.4 Å². The maximum absolute atomic E-state index is 12.1. The highest BCUT2D eigenvalue weighted by Crippen LogP contribution is 2.34. The van der Waals surface area contributed by atoms with Crippen LogP contribution in [0.1, 0.15) is 25.7 Å². The van der Waals surface area contributed by atoms with Crippen LogP contribution in [0.5, 0.6) is 5.75 Å². The minimum atomic E-state index is -0.366. The highest BCUT2D eigenvalue weighted by Gasteiger charge is 2.36. The molecule has 1 aliphatic carbocycles. The number of amides is 1. The average molecular weight is 261 g/mol. The Bertz CT molecular complexity index is 470. The first-order valence-electron chi connectivity index (χ1n) is 6.87. The van der Waals surface area contributed by atoms with Crippen LogP contribution in [0.25, 0.3) is 0 Å². The number of ether oxygens (including phenoxy) is 1. The number of carbonyl (C=O) groups is 1. The minimum absolute atomic E-state index is 0.0564. The maximum atomic E-state index is 12.1. The third-order valence-corrected chi connectivity index (χ3v) is 4.13. The van der Waals surface area contributed by atoms with Gasteiger partial charge < -0.3 is 15.4 Å². The van der Waals surface area contributed by atoms with Gasteiger partial charge >= 0.3 is 0 Å². The Morgan fingerprint density at radius 2 is 2.16 bits per heavy atom. The average Bonchev–Trinajstić information content (AvgIpc) is 2.47. The molecule has 0 bridgehead atoms. The number of carbonyl (C=O) groups excluding carboxylic acids is 1. The van der Waals surface area contributed by atoms with Crippen molar-refractivity contribution < 1.29 is 9.53 Å². The molecule has 1 amide bonds. The van der Waals surface area contributed by atoms with Gasteiger partial charge in [0.1, 0.15) is 0 Å². The van der Waals surface area contributed by atoms with Gasteiger partial charge in [-0.3, -0.25) is 4.79 Å². The molecule has 102 valence electrons. The molecule has 5 heteroatoms. The van der Waals surface area contributed by atoms with Crippen LogP contribution in [0.2, 0.25) is 0 Å². The zero-order valence-corrected chi connectivity index (χ0v) is 11.1. The molecule has 0 aromatic carbocycles. The highest BCUT2D eigenvalue weighted by molar-refractivity contribution is 5.96. The van der Waals surface area contributed by atoms with Crippen molar-refractivity contribution in [1.29, 1.82) is 0 Å². The van der Waals surface area contributed by atoms with E-state index in [1.165, 1.54) is 0 Å². The Morgan fingerprint density at radius 3 is 2.89 bits per heavy atom. The summed E-state index contributed by atoms with van der Waals surface area (Å²) in [6.45, 7) is 0. The number of fused-ring (bicyclic) bond motifs is 1. The summed E-state index contributed by atoms with van der Waals surface area (Å²) in [7, 11) is 2.00. The van der Waals surface area contributed by atoms with Crippen LogP contribution < -0.4 is 15.4 Å². The molecule has 1 aromatic rings. The quantitative estimate of drug-likeness (QED) is 0.848.